The Morgan fingerprint density at radius 2 is 1.39 bits per heavy atom. The zero-order valence-corrected chi connectivity index (χ0v) is 17.3. The standard InChI is InChI=1S/C23H18N2O5S/c1-24(16-10-4-2-5-11-16)22(26)21-20(23(27)28)18-14-8-9-15-19(18)25(21)31(29,30)17-12-6-3-7-13-17/h2-15H,1H3,(H,27,28). The zero-order valence-electron chi connectivity index (χ0n) is 16.5. The van der Waals surface area contributed by atoms with Gasteiger partial charge in [0, 0.05) is 18.1 Å². The van der Waals surface area contributed by atoms with E-state index in [1.54, 1.807) is 60.7 Å². The molecule has 0 bridgehead atoms. The lowest BCUT2D eigenvalue weighted by atomic mass is 10.1. The van der Waals surface area contributed by atoms with Crippen LogP contribution in [-0.2, 0) is 10.0 Å². The number of benzene rings is 3. The van der Waals surface area contributed by atoms with Gasteiger partial charge < -0.3 is 10.0 Å². The van der Waals surface area contributed by atoms with E-state index in [9.17, 15) is 23.1 Å². The lowest BCUT2D eigenvalue weighted by Crippen LogP contribution is -2.31. The van der Waals surface area contributed by atoms with E-state index in [-0.39, 0.29) is 21.4 Å². The van der Waals surface area contributed by atoms with Crippen molar-refractivity contribution in [3.63, 3.8) is 0 Å². The van der Waals surface area contributed by atoms with Crippen LogP contribution in [0.5, 0.6) is 0 Å². The molecule has 0 spiro atoms. The molecule has 0 aliphatic rings. The van der Waals surface area contributed by atoms with Gasteiger partial charge in [0.05, 0.1) is 16.0 Å². The Hall–Kier alpha value is -3.91. The summed E-state index contributed by atoms with van der Waals surface area (Å²) in [7, 11) is -2.79. The maximum Gasteiger partial charge on any atom is 0.338 e. The predicted octanol–water partition coefficient (Wildman–Crippen LogP) is 3.85. The van der Waals surface area contributed by atoms with Gasteiger partial charge in [0.1, 0.15) is 5.69 Å². The molecule has 0 atom stereocenters. The summed E-state index contributed by atoms with van der Waals surface area (Å²) >= 11 is 0. The molecular formula is C23H18N2O5S. The molecule has 8 heteroatoms. The number of carboxylic acids is 1. The van der Waals surface area contributed by atoms with Crippen molar-refractivity contribution in [1.29, 1.82) is 0 Å². The molecule has 4 rings (SSSR count). The van der Waals surface area contributed by atoms with E-state index in [4.69, 9.17) is 0 Å². The lowest BCUT2D eigenvalue weighted by Gasteiger charge is -2.19. The second-order valence-corrected chi connectivity index (χ2v) is 8.61. The first kappa shape index (κ1) is 20.4. The summed E-state index contributed by atoms with van der Waals surface area (Å²) in [5.41, 5.74) is -0.168. The number of carboxylic acid groups (broad SMARTS) is 1. The number of hydrogen-bond donors (Lipinski definition) is 1. The number of nitrogens with zero attached hydrogens (tertiary/aromatic N) is 2. The van der Waals surface area contributed by atoms with Gasteiger partial charge in [-0.25, -0.2) is 17.2 Å². The molecule has 0 radical (unpaired) electrons. The van der Waals surface area contributed by atoms with E-state index in [0.717, 1.165) is 3.97 Å². The SMILES string of the molecule is CN(C(=O)c1c(C(=O)O)c2ccccc2n1S(=O)(=O)c1ccccc1)c1ccccc1. The van der Waals surface area contributed by atoms with Crippen molar-refractivity contribution < 1.29 is 23.1 Å². The molecule has 1 amide bonds. The molecule has 156 valence electrons. The van der Waals surface area contributed by atoms with Crippen molar-refractivity contribution in [3.05, 3.63) is 96.2 Å². The molecule has 4 aromatic rings. The van der Waals surface area contributed by atoms with Crippen LogP contribution in [0.1, 0.15) is 20.8 Å². The van der Waals surface area contributed by atoms with Crippen LogP contribution in [0.25, 0.3) is 10.9 Å². The number of anilines is 1. The van der Waals surface area contributed by atoms with Gasteiger partial charge in [-0.2, -0.15) is 0 Å². The third-order valence-corrected chi connectivity index (χ3v) is 6.71. The Balaban J connectivity index is 2.07. The highest BCUT2D eigenvalue weighted by atomic mass is 32.2. The van der Waals surface area contributed by atoms with Crippen molar-refractivity contribution in [3.8, 4) is 0 Å². The van der Waals surface area contributed by atoms with Crippen molar-refractivity contribution in [2.24, 2.45) is 0 Å². The fraction of sp³-hybridized carbons (Fsp3) is 0.0435. The summed E-state index contributed by atoms with van der Waals surface area (Å²) in [6.07, 6.45) is 0. The van der Waals surface area contributed by atoms with Gasteiger partial charge in [0.2, 0.25) is 0 Å². The average molecular weight is 434 g/mol. The maximum absolute atomic E-state index is 13.6. The third-order valence-electron chi connectivity index (χ3n) is 4.98. The fourth-order valence-corrected chi connectivity index (χ4v) is 5.04. The largest absolute Gasteiger partial charge is 0.478 e. The molecule has 0 aliphatic heterocycles. The fourth-order valence-electron chi connectivity index (χ4n) is 3.50. The third kappa shape index (κ3) is 3.36. The van der Waals surface area contributed by atoms with Crippen LogP contribution in [0.2, 0.25) is 0 Å². The topological polar surface area (TPSA) is 96.7 Å². The van der Waals surface area contributed by atoms with Crippen molar-refractivity contribution in [2.45, 2.75) is 4.90 Å². The van der Waals surface area contributed by atoms with E-state index in [2.05, 4.69) is 0 Å². The number of aromatic carboxylic acids is 1. The molecule has 0 saturated heterocycles. The number of hydrogen-bond acceptors (Lipinski definition) is 4. The number of carbonyl (C=O) groups is 2. The van der Waals surface area contributed by atoms with E-state index < -0.39 is 27.6 Å². The normalized spacial score (nSPS) is 11.4. The van der Waals surface area contributed by atoms with E-state index >= 15 is 0 Å². The van der Waals surface area contributed by atoms with Crippen LogP contribution in [-0.4, -0.2) is 36.4 Å². The molecule has 3 aromatic carbocycles. The summed E-state index contributed by atoms with van der Waals surface area (Å²) in [4.78, 5) is 26.9. The quantitative estimate of drug-likeness (QED) is 0.515. The number of aromatic nitrogens is 1. The maximum atomic E-state index is 13.6. The van der Waals surface area contributed by atoms with E-state index in [1.165, 1.54) is 36.2 Å². The number of rotatable bonds is 5. The smallest absolute Gasteiger partial charge is 0.338 e. The van der Waals surface area contributed by atoms with Gasteiger partial charge in [-0.3, -0.25) is 4.79 Å². The van der Waals surface area contributed by atoms with Crippen LogP contribution in [0.4, 0.5) is 5.69 Å². The second kappa shape index (κ2) is 7.73. The van der Waals surface area contributed by atoms with Gasteiger partial charge in [0.15, 0.2) is 0 Å². The summed E-state index contributed by atoms with van der Waals surface area (Å²) in [6, 6.07) is 22.4. The van der Waals surface area contributed by atoms with Crippen molar-refractivity contribution >= 4 is 38.5 Å². The summed E-state index contributed by atoms with van der Waals surface area (Å²) in [5, 5.41) is 10.1. The van der Waals surface area contributed by atoms with Gasteiger partial charge in [0.25, 0.3) is 15.9 Å². The van der Waals surface area contributed by atoms with Gasteiger partial charge in [-0.05, 0) is 30.3 Å². The average Bonchev–Trinajstić information content (AvgIpc) is 3.15. The predicted molar refractivity (Wildman–Crippen MR) is 117 cm³/mol. The van der Waals surface area contributed by atoms with E-state index in [1.807, 2.05) is 0 Å². The molecule has 1 N–H and O–H groups in total. The van der Waals surface area contributed by atoms with Crippen molar-refractivity contribution in [2.75, 3.05) is 11.9 Å². The van der Waals surface area contributed by atoms with E-state index in [0.29, 0.717) is 5.69 Å². The molecule has 7 nitrogen and oxygen atoms in total. The highest BCUT2D eigenvalue weighted by Gasteiger charge is 2.34. The molecular weight excluding hydrogens is 416 g/mol. The van der Waals surface area contributed by atoms with Crippen LogP contribution in [0.3, 0.4) is 0 Å². The van der Waals surface area contributed by atoms with Crippen LogP contribution in [0, 0.1) is 0 Å². The lowest BCUT2D eigenvalue weighted by molar-refractivity contribution is 0.0694. The molecule has 1 aromatic heterocycles. The zero-order chi connectivity index (χ0) is 22.2. The summed E-state index contributed by atoms with van der Waals surface area (Å²) < 4.78 is 28.0. The Bertz CT molecular complexity index is 1390. The van der Waals surface area contributed by atoms with Gasteiger partial charge in [-0.1, -0.05) is 54.6 Å². The minimum atomic E-state index is -4.26. The minimum absolute atomic E-state index is 0.0518. The number of carbonyl (C=O) groups excluding carboxylic acids is 1. The van der Waals surface area contributed by atoms with Crippen LogP contribution >= 0.6 is 0 Å². The Labute approximate surface area is 178 Å². The Kier molecular flexibility index (Phi) is 5.08. The monoisotopic (exact) mass is 434 g/mol. The molecule has 31 heavy (non-hydrogen) atoms. The number of amides is 1. The van der Waals surface area contributed by atoms with Crippen LogP contribution in [0.15, 0.2) is 89.8 Å². The number of para-hydroxylation sites is 2. The Morgan fingerprint density at radius 3 is 2.00 bits per heavy atom. The second-order valence-electron chi connectivity index (χ2n) is 6.83. The molecule has 0 fully saturated rings. The molecule has 0 unspecified atom stereocenters. The van der Waals surface area contributed by atoms with Crippen molar-refractivity contribution in [1.82, 2.24) is 3.97 Å². The summed E-state index contributed by atoms with van der Waals surface area (Å²) in [5.74, 6) is -2.14. The first-order valence-corrected chi connectivity index (χ1v) is 10.8. The summed E-state index contributed by atoms with van der Waals surface area (Å²) in [6.45, 7) is 0. The van der Waals surface area contributed by atoms with Gasteiger partial charge >= 0.3 is 5.97 Å². The minimum Gasteiger partial charge on any atom is -0.478 e. The first-order chi connectivity index (χ1) is 14.8. The highest BCUT2D eigenvalue weighted by molar-refractivity contribution is 7.90. The first-order valence-electron chi connectivity index (χ1n) is 9.34. The molecule has 1 heterocycles. The molecule has 0 saturated carbocycles. The van der Waals surface area contributed by atoms with Crippen LogP contribution < -0.4 is 4.90 Å². The highest BCUT2D eigenvalue weighted by Crippen LogP contribution is 2.32. The number of fused-ring (bicyclic) bond motifs is 1. The molecule has 0 aliphatic carbocycles. The Morgan fingerprint density at radius 1 is 0.839 bits per heavy atom. The van der Waals surface area contributed by atoms with Gasteiger partial charge in [-0.15, -0.1) is 0 Å².